The number of hydrogen-bond donors (Lipinski definition) is 0. The minimum atomic E-state index is 0.130. The van der Waals surface area contributed by atoms with Gasteiger partial charge in [0.2, 0.25) is 5.91 Å². The Balaban J connectivity index is 0.00000154. The van der Waals surface area contributed by atoms with Gasteiger partial charge in [0.15, 0.2) is 0 Å². The van der Waals surface area contributed by atoms with Crippen molar-refractivity contribution in [3.63, 3.8) is 0 Å². The van der Waals surface area contributed by atoms with E-state index in [1.807, 2.05) is 24.8 Å². The minimum absolute atomic E-state index is 0.130. The fraction of sp³-hybridized carbons (Fsp3) is 0.706. The lowest BCUT2D eigenvalue weighted by Crippen LogP contribution is -2.48. The molecule has 1 heterocycles. The maximum atomic E-state index is 12.1. The van der Waals surface area contributed by atoms with E-state index in [1.54, 1.807) is 6.08 Å². The van der Waals surface area contributed by atoms with E-state index in [9.17, 15) is 4.79 Å². The standard InChI is InChI=1S/C15H25NO.C2H6/c1-10(2)13-8-7-9-14(17)16(12(5)6)15(13)11(3)4;1-2/h7-12,15H,1-6H3;1-2H3. The number of nitrogens with zero attached hydrogens (tertiary/aromatic N) is 1. The zero-order chi connectivity index (χ0) is 15.2. The topological polar surface area (TPSA) is 20.3 Å². The number of rotatable bonds is 3. The van der Waals surface area contributed by atoms with E-state index in [-0.39, 0.29) is 18.0 Å². The normalized spacial score (nSPS) is 19.5. The molecule has 0 aromatic carbocycles. The molecule has 0 aromatic heterocycles. The van der Waals surface area contributed by atoms with Crippen LogP contribution in [0.15, 0.2) is 23.8 Å². The van der Waals surface area contributed by atoms with Crippen LogP contribution in [0.1, 0.15) is 55.4 Å². The second-order valence-electron chi connectivity index (χ2n) is 5.71. The molecule has 1 aliphatic heterocycles. The van der Waals surface area contributed by atoms with E-state index < -0.39 is 0 Å². The van der Waals surface area contributed by atoms with E-state index in [4.69, 9.17) is 0 Å². The predicted octanol–water partition coefficient (Wildman–Crippen LogP) is 4.43. The largest absolute Gasteiger partial charge is 0.330 e. The first-order valence-corrected chi connectivity index (χ1v) is 7.56. The van der Waals surface area contributed by atoms with Gasteiger partial charge in [0.25, 0.3) is 0 Å². The summed E-state index contributed by atoms with van der Waals surface area (Å²) in [6.07, 6.45) is 5.70. The summed E-state index contributed by atoms with van der Waals surface area (Å²) in [5.74, 6) is 1.04. The zero-order valence-corrected chi connectivity index (χ0v) is 13.9. The molecule has 0 N–H and O–H groups in total. The number of allylic oxidation sites excluding steroid dienone is 2. The van der Waals surface area contributed by atoms with Gasteiger partial charge in [-0.25, -0.2) is 0 Å². The van der Waals surface area contributed by atoms with Gasteiger partial charge in [-0.2, -0.15) is 0 Å². The monoisotopic (exact) mass is 265 g/mol. The molecular formula is C17H31NO. The second-order valence-corrected chi connectivity index (χ2v) is 5.71. The van der Waals surface area contributed by atoms with Crippen LogP contribution >= 0.6 is 0 Å². The lowest BCUT2D eigenvalue weighted by Gasteiger charge is -2.39. The average Bonchev–Trinajstić information content (AvgIpc) is 2.50. The summed E-state index contributed by atoms with van der Waals surface area (Å²) in [6.45, 7) is 16.9. The molecule has 19 heavy (non-hydrogen) atoms. The van der Waals surface area contributed by atoms with Crippen molar-refractivity contribution >= 4 is 5.91 Å². The predicted molar refractivity (Wildman–Crippen MR) is 84.0 cm³/mol. The Morgan fingerprint density at radius 3 is 1.95 bits per heavy atom. The van der Waals surface area contributed by atoms with Crippen LogP contribution in [0.2, 0.25) is 0 Å². The van der Waals surface area contributed by atoms with Crippen molar-refractivity contribution in [1.29, 1.82) is 0 Å². The molecule has 0 bridgehead atoms. The van der Waals surface area contributed by atoms with Gasteiger partial charge in [-0.1, -0.05) is 53.7 Å². The van der Waals surface area contributed by atoms with Crippen molar-refractivity contribution in [2.45, 2.75) is 67.5 Å². The molecule has 1 rings (SSSR count). The molecule has 0 radical (unpaired) electrons. The van der Waals surface area contributed by atoms with Gasteiger partial charge < -0.3 is 4.90 Å². The molecule has 2 heteroatoms. The first-order valence-electron chi connectivity index (χ1n) is 7.56. The van der Waals surface area contributed by atoms with E-state index >= 15 is 0 Å². The molecule has 0 saturated heterocycles. The quantitative estimate of drug-likeness (QED) is 0.739. The number of carbonyl (C=O) groups excluding carboxylic acids is 1. The van der Waals surface area contributed by atoms with E-state index in [0.717, 1.165) is 0 Å². The summed E-state index contributed by atoms with van der Waals surface area (Å²) in [5, 5.41) is 0. The van der Waals surface area contributed by atoms with E-state index in [1.165, 1.54) is 5.57 Å². The Labute approximate surface area is 119 Å². The molecule has 0 spiro atoms. The van der Waals surface area contributed by atoms with Gasteiger partial charge in [0.05, 0.1) is 6.04 Å². The van der Waals surface area contributed by atoms with Crippen LogP contribution in [0.3, 0.4) is 0 Å². The van der Waals surface area contributed by atoms with Gasteiger partial charge in [0, 0.05) is 12.1 Å². The summed E-state index contributed by atoms with van der Waals surface area (Å²) in [5.41, 5.74) is 1.36. The van der Waals surface area contributed by atoms with Crippen molar-refractivity contribution in [3.8, 4) is 0 Å². The smallest absolute Gasteiger partial charge is 0.247 e. The Morgan fingerprint density at radius 1 is 1.05 bits per heavy atom. The van der Waals surface area contributed by atoms with Crippen LogP contribution in [0.25, 0.3) is 0 Å². The van der Waals surface area contributed by atoms with Gasteiger partial charge in [-0.3, -0.25) is 4.79 Å². The third kappa shape index (κ3) is 4.52. The molecular weight excluding hydrogens is 234 g/mol. The lowest BCUT2D eigenvalue weighted by molar-refractivity contribution is -0.130. The highest BCUT2D eigenvalue weighted by Gasteiger charge is 2.32. The van der Waals surface area contributed by atoms with Crippen molar-refractivity contribution in [3.05, 3.63) is 23.8 Å². The fourth-order valence-electron chi connectivity index (χ4n) is 2.54. The Hall–Kier alpha value is -1.05. The fourth-order valence-corrected chi connectivity index (χ4v) is 2.54. The van der Waals surface area contributed by atoms with Gasteiger partial charge in [-0.15, -0.1) is 0 Å². The Bertz CT molecular complexity index is 337. The van der Waals surface area contributed by atoms with Crippen LogP contribution in [0.5, 0.6) is 0 Å². The summed E-state index contributed by atoms with van der Waals surface area (Å²) in [7, 11) is 0. The highest BCUT2D eigenvalue weighted by atomic mass is 16.2. The summed E-state index contributed by atoms with van der Waals surface area (Å²) in [6, 6.07) is 0.456. The lowest BCUT2D eigenvalue weighted by atomic mass is 9.86. The number of carbonyl (C=O) groups is 1. The third-order valence-electron chi connectivity index (χ3n) is 3.28. The second kappa shape index (κ2) is 8.19. The Kier molecular flexibility index (Phi) is 7.73. The highest BCUT2D eigenvalue weighted by molar-refractivity contribution is 5.89. The van der Waals surface area contributed by atoms with Crippen molar-refractivity contribution < 1.29 is 4.79 Å². The molecule has 1 aliphatic rings. The first kappa shape index (κ1) is 17.9. The van der Waals surface area contributed by atoms with Crippen LogP contribution in [-0.2, 0) is 4.79 Å². The maximum Gasteiger partial charge on any atom is 0.247 e. The summed E-state index contributed by atoms with van der Waals surface area (Å²) in [4.78, 5) is 14.2. The molecule has 0 fully saturated rings. The van der Waals surface area contributed by atoms with Crippen molar-refractivity contribution in [1.82, 2.24) is 4.90 Å². The average molecular weight is 265 g/mol. The molecule has 0 aromatic rings. The van der Waals surface area contributed by atoms with Crippen molar-refractivity contribution in [2.75, 3.05) is 0 Å². The molecule has 2 nitrogen and oxygen atoms in total. The van der Waals surface area contributed by atoms with Gasteiger partial charge in [0.1, 0.15) is 0 Å². The number of hydrogen-bond acceptors (Lipinski definition) is 1. The molecule has 110 valence electrons. The molecule has 0 aliphatic carbocycles. The summed E-state index contributed by atoms with van der Waals surface area (Å²) < 4.78 is 0. The number of amides is 1. The minimum Gasteiger partial charge on any atom is -0.330 e. The molecule has 1 atom stereocenters. The van der Waals surface area contributed by atoms with Crippen molar-refractivity contribution in [2.24, 2.45) is 11.8 Å². The third-order valence-corrected chi connectivity index (χ3v) is 3.28. The highest BCUT2D eigenvalue weighted by Crippen LogP contribution is 2.29. The van der Waals surface area contributed by atoms with Crippen LogP contribution < -0.4 is 0 Å². The molecule has 0 saturated carbocycles. The molecule has 1 unspecified atom stereocenters. The SMILES string of the molecule is CC.CC(C)C1=CC=CC(=O)N(C(C)C)C1C(C)C. The van der Waals surface area contributed by atoms with Gasteiger partial charge >= 0.3 is 0 Å². The van der Waals surface area contributed by atoms with Crippen LogP contribution in [0, 0.1) is 11.8 Å². The zero-order valence-electron chi connectivity index (χ0n) is 13.9. The maximum absolute atomic E-state index is 12.1. The van der Waals surface area contributed by atoms with E-state index in [0.29, 0.717) is 11.8 Å². The molecule has 1 amide bonds. The summed E-state index contributed by atoms with van der Waals surface area (Å²) >= 11 is 0. The van der Waals surface area contributed by atoms with Crippen LogP contribution in [0.4, 0.5) is 0 Å². The van der Waals surface area contributed by atoms with Crippen LogP contribution in [-0.4, -0.2) is 22.9 Å². The van der Waals surface area contributed by atoms with E-state index in [2.05, 4.69) is 47.6 Å². The van der Waals surface area contributed by atoms with Gasteiger partial charge in [-0.05, 0) is 31.3 Å². The Morgan fingerprint density at radius 2 is 1.58 bits per heavy atom. The first-order chi connectivity index (χ1) is 8.86.